The van der Waals surface area contributed by atoms with Crippen molar-refractivity contribution in [3.8, 4) is 0 Å². The van der Waals surface area contributed by atoms with E-state index < -0.39 is 6.10 Å². The molecule has 3 N–H and O–H groups in total. The molecule has 88 valence electrons. The molecule has 2 atom stereocenters. The molecule has 1 aromatic rings. The summed E-state index contributed by atoms with van der Waals surface area (Å²) in [6.07, 6.45) is 2.62. The molecule has 0 aliphatic carbocycles. The maximum atomic E-state index is 9.71. The van der Waals surface area contributed by atoms with E-state index in [1.165, 1.54) is 12.8 Å². The van der Waals surface area contributed by atoms with E-state index in [-0.39, 0.29) is 6.61 Å². The molecular formula is C13H19NO2. The van der Waals surface area contributed by atoms with Crippen LogP contribution >= 0.6 is 0 Å². The van der Waals surface area contributed by atoms with Crippen LogP contribution in [0.1, 0.15) is 30.1 Å². The van der Waals surface area contributed by atoms with Crippen molar-refractivity contribution in [2.75, 3.05) is 13.2 Å². The maximum Gasteiger partial charge on any atom is 0.102 e. The molecule has 0 aromatic heterocycles. The van der Waals surface area contributed by atoms with Crippen molar-refractivity contribution < 1.29 is 10.2 Å². The number of aliphatic hydroxyl groups is 2. The van der Waals surface area contributed by atoms with Gasteiger partial charge in [0, 0.05) is 6.04 Å². The Balaban J connectivity index is 2.12. The monoisotopic (exact) mass is 221 g/mol. The lowest BCUT2D eigenvalue weighted by Crippen LogP contribution is -2.24. The molecule has 1 aromatic carbocycles. The van der Waals surface area contributed by atoms with Gasteiger partial charge in [-0.25, -0.2) is 0 Å². The van der Waals surface area contributed by atoms with Crippen molar-refractivity contribution in [2.24, 2.45) is 0 Å². The molecule has 2 unspecified atom stereocenters. The number of benzene rings is 1. The smallest absolute Gasteiger partial charge is 0.102 e. The van der Waals surface area contributed by atoms with Crippen LogP contribution in [0.25, 0.3) is 0 Å². The van der Waals surface area contributed by atoms with Crippen LogP contribution < -0.4 is 5.32 Å². The summed E-state index contributed by atoms with van der Waals surface area (Å²) in [6, 6.07) is 8.34. The van der Waals surface area contributed by atoms with Crippen LogP contribution in [-0.2, 0) is 6.42 Å². The highest BCUT2D eigenvalue weighted by Crippen LogP contribution is 2.21. The molecule has 0 saturated carbocycles. The SMILES string of the molecule is OCC(O)c1ccccc1CC1CCCN1. The molecule has 0 radical (unpaired) electrons. The zero-order valence-corrected chi connectivity index (χ0v) is 9.39. The fraction of sp³-hybridized carbons (Fsp3) is 0.538. The quantitative estimate of drug-likeness (QED) is 0.711. The Kier molecular flexibility index (Phi) is 3.93. The van der Waals surface area contributed by atoms with Gasteiger partial charge >= 0.3 is 0 Å². The van der Waals surface area contributed by atoms with Gasteiger partial charge in [0.25, 0.3) is 0 Å². The normalized spacial score (nSPS) is 22.2. The first kappa shape index (κ1) is 11.6. The van der Waals surface area contributed by atoms with E-state index >= 15 is 0 Å². The van der Waals surface area contributed by atoms with E-state index in [0.29, 0.717) is 6.04 Å². The van der Waals surface area contributed by atoms with Gasteiger partial charge in [-0.1, -0.05) is 24.3 Å². The topological polar surface area (TPSA) is 52.5 Å². The summed E-state index contributed by atoms with van der Waals surface area (Å²) in [5.41, 5.74) is 2.00. The van der Waals surface area contributed by atoms with Crippen molar-refractivity contribution >= 4 is 0 Å². The van der Waals surface area contributed by atoms with E-state index in [9.17, 15) is 5.11 Å². The average molecular weight is 221 g/mol. The lowest BCUT2D eigenvalue weighted by molar-refractivity contribution is 0.0948. The first-order chi connectivity index (χ1) is 7.81. The summed E-state index contributed by atoms with van der Waals surface area (Å²) in [7, 11) is 0. The third kappa shape index (κ3) is 2.61. The Morgan fingerprint density at radius 2 is 2.19 bits per heavy atom. The number of rotatable bonds is 4. The fourth-order valence-corrected chi connectivity index (χ4v) is 2.34. The molecule has 0 bridgehead atoms. The van der Waals surface area contributed by atoms with Gasteiger partial charge in [0.2, 0.25) is 0 Å². The first-order valence-corrected chi connectivity index (χ1v) is 5.91. The third-order valence-corrected chi connectivity index (χ3v) is 3.22. The van der Waals surface area contributed by atoms with Gasteiger partial charge < -0.3 is 15.5 Å². The molecule has 3 heteroatoms. The Bertz CT molecular complexity index is 334. The molecule has 0 amide bonds. The van der Waals surface area contributed by atoms with E-state index in [1.54, 1.807) is 0 Å². The second-order valence-electron chi connectivity index (χ2n) is 4.39. The van der Waals surface area contributed by atoms with E-state index in [4.69, 9.17) is 5.11 Å². The van der Waals surface area contributed by atoms with Crippen molar-refractivity contribution in [1.82, 2.24) is 5.32 Å². The highest BCUT2D eigenvalue weighted by molar-refractivity contribution is 5.30. The van der Waals surface area contributed by atoms with Gasteiger partial charge in [0.1, 0.15) is 6.10 Å². The molecule has 1 aliphatic rings. The molecule has 1 heterocycles. The summed E-state index contributed by atoms with van der Waals surface area (Å²) in [5, 5.41) is 22.2. The van der Waals surface area contributed by atoms with Crippen LogP contribution in [0.2, 0.25) is 0 Å². The van der Waals surface area contributed by atoms with Gasteiger partial charge in [-0.2, -0.15) is 0 Å². The predicted octanol–water partition coefficient (Wildman–Crippen LogP) is 1.01. The van der Waals surface area contributed by atoms with Crippen LogP contribution in [0.3, 0.4) is 0 Å². The second-order valence-corrected chi connectivity index (χ2v) is 4.39. The lowest BCUT2D eigenvalue weighted by atomic mass is 9.96. The molecule has 0 spiro atoms. The van der Waals surface area contributed by atoms with Crippen LogP contribution in [0, 0.1) is 0 Å². The Morgan fingerprint density at radius 3 is 2.88 bits per heavy atom. The van der Waals surface area contributed by atoms with Gasteiger partial charge in [0.15, 0.2) is 0 Å². The van der Waals surface area contributed by atoms with Gasteiger partial charge in [0.05, 0.1) is 6.61 Å². The standard InChI is InChI=1S/C13H19NO2/c15-9-13(16)12-6-2-1-4-10(12)8-11-5-3-7-14-11/h1-2,4,6,11,13-16H,3,5,7-9H2. The number of hydrogen-bond acceptors (Lipinski definition) is 3. The molecule has 2 rings (SSSR count). The average Bonchev–Trinajstić information content (AvgIpc) is 2.82. The molecule has 1 fully saturated rings. The number of hydrogen-bond donors (Lipinski definition) is 3. The Morgan fingerprint density at radius 1 is 1.38 bits per heavy atom. The maximum absolute atomic E-state index is 9.71. The first-order valence-electron chi connectivity index (χ1n) is 5.91. The zero-order chi connectivity index (χ0) is 11.4. The highest BCUT2D eigenvalue weighted by atomic mass is 16.3. The Hall–Kier alpha value is -0.900. The van der Waals surface area contributed by atoms with Crippen LogP contribution in [0.15, 0.2) is 24.3 Å². The number of nitrogens with one attached hydrogen (secondary N) is 1. The number of aliphatic hydroxyl groups excluding tert-OH is 2. The lowest BCUT2D eigenvalue weighted by Gasteiger charge is -2.16. The van der Waals surface area contributed by atoms with Crippen molar-refractivity contribution in [2.45, 2.75) is 31.4 Å². The summed E-state index contributed by atoms with van der Waals surface area (Å²) in [5.74, 6) is 0. The zero-order valence-electron chi connectivity index (χ0n) is 9.39. The molecular weight excluding hydrogens is 202 g/mol. The van der Waals surface area contributed by atoms with Gasteiger partial charge in [-0.05, 0) is 36.9 Å². The summed E-state index contributed by atoms with van der Waals surface area (Å²) in [4.78, 5) is 0. The molecule has 3 nitrogen and oxygen atoms in total. The van der Waals surface area contributed by atoms with E-state index in [1.807, 2.05) is 24.3 Å². The minimum Gasteiger partial charge on any atom is -0.393 e. The van der Waals surface area contributed by atoms with E-state index in [0.717, 1.165) is 24.1 Å². The van der Waals surface area contributed by atoms with Crippen LogP contribution in [0.4, 0.5) is 0 Å². The fourth-order valence-electron chi connectivity index (χ4n) is 2.34. The summed E-state index contributed by atoms with van der Waals surface area (Å²) >= 11 is 0. The van der Waals surface area contributed by atoms with Crippen molar-refractivity contribution in [1.29, 1.82) is 0 Å². The summed E-state index contributed by atoms with van der Waals surface area (Å²) in [6.45, 7) is 0.879. The van der Waals surface area contributed by atoms with Crippen molar-refractivity contribution in [3.05, 3.63) is 35.4 Å². The third-order valence-electron chi connectivity index (χ3n) is 3.22. The van der Waals surface area contributed by atoms with Crippen LogP contribution in [0.5, 0.6) is 0 Å². The molecule has 1 aliphatic heterocycles. The van der Waals surface area contributed by atoms with Gasteiger partial charge in [-0.15, -0.1) is 0 Å². The highest BCUT2D eigenvalue weighted by Gasteiger charge is 2.17. The molecule has 16 heavy (non-hydrogen) atoms. The molecule has 1 saturated heterocycles. The minimum atomic E-state index is -0.752. The Labute approximate surface area is 96.1 Å². The second kappa shape index (κ2) is 5.43. The van der Waals surface area contributed by atoms with Gasteiger partial charge in [-0.3, -0.25) is 0 Å². The van der Waals surface area contributed by atoms with E-state index in [2.05, 4.69) is 5.32 Å². The van der Waals surface area contributed by atoms with Crippen LogP contribution in [-0.4, -0.2) is 29.4 Å². The van der Waals surface area contributed by atoms with Crippen molar-refractivity contribution in [3.63, 3.8) is 0 Å². The summed E-state index contributed by atoms with van der Waals surface area (Å²) < 4.78 is 0. The predicted molar refractivity (Wildman–Crippen MR) is 63.2 cm³/mol. The minimum absolute atomic E-state index is 0.213. The largest absolute Gasteiger partial charge is 0.393 e.